The van der Waals surface area contributed by atoms with Gasteiger partial charge in [-0.15, -0.1) is 0 Å². The van der Waals surface area contributed by atoms with Crippen molar-refractivity contribution in [2.75, 3.05) is 0 Å². The lowest BCUT2D eigenvalue weighted by Crippen LogP contribution is -2.08. The molecule has 0 bridgehead atoms. The van der Waals surface area contributed by atoms with Crippen LogP contribution in [0.5, 0.6) is 0 Å². The van der Waals surface area contributed by atoms with E-state index in [0.717, 1.165) is 6.20 Å². The molecule has 0 fully saturated rings. The minimum Gasteiger partial charge on any atom is -0.290 e. The van der Waals surface area contributed by atoms with Gasteiger partial charge in [0.15, 0.2) is 5.65 Å². The van der Waals surface area contributed by atoms with E-state index in [1.165, 1.54) is 23.1 Å². The zero-order valence-electron chi connectivity index (χ0n) is 6.28. The molecular formula is C7H4F3N3. The second-order valence-corrected chi connectivity index (χ2v) is 2.46. The summed E-state index contributed by atoms with van der Waals surface area (Å²) in [6.07, 6.45) is 0.352. The van der Waals surface area contributed by atoms with Crippen LogP contribution in [0.2, 0.25) is 0 Å². The molecule has 0 aliphatic carbocycles. The van der Waals surface area contributed by atoms with Gasteiger partial charge in [0, 0.05) is 18.6 Å². The van der Waals surface area contributed by atoms with Crippen LogP contribution in [-0.4, -0.2) is 14.4 Å². The Balaban J connectivity index is 2.75. The first-order valence-corrected chi connectivity index (χ1v) is 3.43. The second-order valence-electron chi connectivity index (χ2n) is 2.46. The van der Waals surface area contributed by atoms with E-state index in [-0.39, 0.29) is 5.65 Å². The summed E-state index contributed by atoms with van der Waals surface area (Å²) in [5, 5.41) is 0. The quantitative estimate of drug-likeness (QED) is 0.628. The van der Waals surface area contributed by atoms with Gasteiger partial charge < -0.3 is 0 Å². The van der Waals surface area contributed by atoms with Crippen molar-refractivity contribution in [1.82, 2.24) is 14.4 Å². The lowest BCUT2D eigenvalue weighted by atomic mass is 10.3. The molecule has 0 N–H and O–H groups in total. The van der Waals surface area contributed by atoms with Gasteiger partial charge in [-0.05, 0) is 0 Å². The summed E-state index contributed by atoms with van der Waals surface area (Å²) in [6.45, 7) is 0. The van der Waals surface area contributed by atoms with Gasteiger partial charge >= 0.3 is 6.18 Å². The molecule has 3 nitrogen and oxygen atoms in total. The standard InChI is InChI=1S/C7H4F3N3/c8-7(9,10)5-3-11-4-13-2-1-12-6(5)13/h1-4H. The van der Waals surface area contributed by atoms with Crippen LogP contribution in [0.3, 0.4) is 0 Å². The predicted octanol–water partition coefficient (Wildman–Crippen LogP) is 1.75. The van der Waals surface area contributed by atoms with Crippen LogP contribution in [0.15, 0.2) is 24.9 Å². The third-order valence-corrected chi connectivity index (χ3v) is 1.61. The highest BCUT2D eigenvalue weighted by atomic mass is 19.4. The van der Waals surface area contributed by atoms with Crippen LogP contribution in [0.1, 0.15) is 5.56 Å². The first-order chi connectivity index (χ1) is 6.09. The molecule has 0 aliphatic rings. The fourth-order valence-electron chi connectivity index (χ4n) is 1.05. The SMILES string of the molecule is FC(F)(F)c1cncn2ccnc12. The molecule has 2 aromatic rings. The Kier molecular flexibility index (Phi) is 1.51. The Bertz CT molecular complexity index is 432. The fourth-order valence-corrected chi connectivity index (χ4v) is 1.05. The Morgan fingerprint density at radius 1 is 1.31 bits per heavy atom. The number of imidazole rings is 1. The molecule has 13 heavy (non-hydrogen) atoms. The molecule has 2 rings (SSSR count). The first kappa shape index (κ1) is 8.03. The second kappa shape index (κ2) is 2.45. The Labute approximate surface area is 70.9 Å². The van der Waals surface area contributed by atoms with E-state index in [0.29, 0.717) is 0 Å². The third kappa shape index (κ3) is 1.24. The maximum atomic E-state index is 12.3. The van der Waals surface area contributed by atoms with Crippen LogP contribution < -0.4 is 0 Å². The molecule has 6 heteroatoms. The highest BCUT2D eigenvalue weighted by Gasteiger charge is 2.34. The molecule has 0 amide bonds. The maximum Gasteiger partial charge on any atom is 0.421 e. The van der Waals surface area contributed by atoms with E-state index >= 15 is 0 Å². The van der Waals surface area contributed by atoms with Gasteiger partial charge in [-0.1, -0.05) is 0 Å². The van der Waals surface area contributed by atoms with Crippen molar-refractivity contribution < 1.29 is 13.2 Å². The van der Waals surface area contributed by atoms with Crippen LogP contribution >= 0.6 is 0 Å². The predicted molar refractivity (Wildman–Crippen MR) is 38.0 cm³/mol. The van der Waals surface area contributed by atoms with Crippen LogP contribution in [0.25, 0.3) is 5.65 Å². The summed E-state index contributed by atoms with van der Waals surface area (Å²) >= 11 is 0. The normalized spacial score (nSPS) is 12.2. The van der Waals surface area contributed by atoms with Gasteiger partial charge in [0.25, 0.3) is 0 Å². The van der Waals surface area contributed by atoms with E-state index in [2.05, 4.69) is 9.97 Å². The van der Waals surface area contributed by atoms with Gasteiger partial charge in [0.05, 0.1) is 0 Å². The summed E-state index contributed by atoms with van der Waals surface area (Å²) in [5.74, 6) is 0. The van der Waals surface area contributed by atoms with E-state index in [1.807, 2.05) is 0 Å². The van der Waals surface area contributed by atoms with Gasteiger partial charge in [0.2, 0.25) is 0 Å². The van der Waals surface area contributed by atoms with Gasteiger partial charge in [-0.3, -0.25) is 4.40 Å². The van der Waals surface area contributed by atoms with Gasteiger partial charge in [0.1, 0.15) is 11.9 Å². The van der Waals surface area contributed by atoms with E-state index in [9.17, 15) is 13.2 Å². The Hall–Kier alpha value is -1.59. The summed E-state index contributed by atoms with van der Waals surface area (Å²) in [7, 11) is 0. The number of aromatic nitrogens is 3. The monoisotopic (exact) mass is 187 g/mol. The molecule has 0 saturated heterocycles. The number of rotatable bonds is 0. The topological polar surface area (TPSA) is 30.2 Å². The van der Waals surface area contributed by atoms with Gasteiger partial charge in [-0.2, -0.15) is 13.2 Å². The van der Waals surface area contributed by atoms with Crippen molar-refractivity contribution in [2.45, 2.75) is 6.18 Å². The third-order valence-electron chi connectivity index (χ3n) is 1.61. The van der Waals surface area contributed by atoms with Crippen molar-refractivity contribution in [3.63, 3.8) is 0 Å². The lowest BCUT2D eigenvalue weighted by molar-refractivity contribution is -0.136. The number of halogens is 3. The van der Waals surface area contributed by atoms with Crippen molar-refractivity contribution >= 4 is 5.65 Å². The molecule has 0 radical (unpaired) electrons. The number of fused-ring (bicyclic) bond motifs is 1. The van der Waals surface area contributed by atoms with E-state index in [4.69, 9.17) is 0 Å². The highest BCUT2D eigenvalue weighted by Crippen LogP contribution is 2.30. The summed E-state index contributed by atoms with van der Waals surface area (Å²) in [6, 6.07) is 0. The molecule has 0 unspecified atom stereocenters. The molecule has 0 aromatic carbocycles. The average Bonchev–Trinajstić information content (AvgIpc) is 2.48. The van der Waals surface area contributed by atoms with E-state index < -0.39 is 11.7 Å². The van der Waals surface area contributed by atoms with Crippen molar-refractivity contribution in [3.05, 3.63) is 30.5 Å². The fraction of sp³-hybridized carbons (Fsp3) is 0.143. The average molecular weight is 187 g/mol. The summed E-state index contributed by atoms with van der Waals surface area (Å²) in [4.78, 5) is 7.04. The number of alkyl halides is 3. The van der Waals surface area contributed by atoms with Crippen LogP contribution in [0.4, 0.5) is 13.2 Å². The Morgan fingerprint density at radius 2 is 2.08 bits per heavy atom. The molecule has 0 saturated carbocycles. The number of nitrogens with zero attached hydrogens (tertiary/aromatic N) is 3. The van der Waals surface area contributed by atoms with Crippen molar-refractivity contribution in [2.24, 2.45) is 0 Å². The largest absolute Gasteiger partial charge is 0.421 e. The number of hydrogen-bond donors (Lipinski definition) is 0. The summed E-state index contributed by atoms with van der Waals surface area (Å²) < 4.78 is 38.1. The minimum absolute atomic E-state index is 0.123. The molecule has 0 aliphatic heterocycles. The minimum atomic E-state index is -4.40. The molecule has 0 spiro atoms. The zero-order chi connectivity index (χ0) is 9.47. The lowest BCUT2D eigenvalue weighted by Gasteiger charge is -2.06. The van der Waals surface area contributed by atoms with Crippen LogP contribution in [-0.2, 0) is 6.18 Å². The first-order valence-electron chi connectivity index (χ1n) is 3.43. The zero-order valence-corrected chi connectivity index (χ0v) is 6.28. The van der Waals surface area contributed by atoms with Crippen molar-refractivity contribution in [1.29, 1.82) is 0 Å². The Morgan fingerprint density at radius 3 is 2.77 bits per heavy atom. The molecule has 68 valence electrons. The number of hydrogen-bond acceptors (Lipinski definition) is 2. The van der Waals surface area contributed by atoms with Crippen molar-refractivity contribution in [3.8, 4) is 0 Å². The smallest absolute Gasteiger partial charge is 0.290 e. The summed E-state index contributed by atoms with van der Waals surface area (Å²) in [5.41, 5.74) is -0.942. The highest BCUT2D eigenvalue weighted by molar-refractivity contribution is 5.47. The molecule has 0 atom stereocenters. The molecule has 2 aromatic heterocycles. The van der Waals surface area contributed by atoms with Gasteiger partial charge in [-0.25, -0.2) is 9.97 Å². The molecular weight excluding hydrogens is 183 g/mol. The van der Waals surface area contributed by atoms with Crippen LogP contribution in [0, 0.1) is 0 Å². The maximum absolute atomic E-state index is 12.3. The van der Waals surface area contributed by atoms with E-state index in [1.54, 1.807) is 0 Å². The molecule has 2 heterocycles.